The van der Waals surface area contributed by atoms with Crippen LogP contribution in [0.3, 0.4) is 0 Å². The Morgan fingerprint density at radius 2 is 2.04 bits per heavy atom. The zero-order valence-electron chi connectivity index (χ0n) is 13.7. The second-order valence-electron chi connectivity index (χ2n) is 6.62. The van der Waals surface area contributed by atoms with Crippen LogP contribution in [0.25, 0.3) is 0 Å². The summed E-state index contributed by atoms with van der Waals surface area (Å²) in [5.74, 6) is 1.44. The molecule has 24 heavy (non-hydrogen) atoms. The summed E-state index contributed by atoms with van der Waals surface area (Å²) in [6.07, 6.45) is 5.15. The van der Waals surface area contributed by atoms with Gasteiger partial charge in [0, 0.05) is 41.6 Å². The van der Waals surface area contributed by atoms with E-state index >= 15 is 0 Å². The van der Waals surface area contributed by atoms with Crippen LogP contribution in [-0.2, 0) is 0 Å². The number of aromatic nitrogens is 1. The van der Waals surface area contributed by atoms with E-state index in [0.29, 0.717) is 23.4 Å². The Morgan fingerprint density at radius 1 is 1.21 bits per heavy atom. The summed E-state index contributed by atoms with van der Waals surface area (Å²) in [6, 6.07) is 12.2. The fraction of sp³-hybridized carbons (Fsp3) is 0.368. The second kappa shape index (κ2) is 6.24. The Kier molecular flexibility index (Phi) is 3.94. The summed E-state index contributed by atoms with van der Waals surface area (Å²) in [6.45, 7) is 1.92. The lowest BCUT2D eigenvalue weighted by molar-refractivity contribution is 0.0931. The molecule has 4 rings (SSSR count). The predicted octanol–water partition coefficient (Wildman–Crippen LogP) is 2.81. The standard InChI is InChI=1S/C19H21N3O2/c1-12-10-16(8-9-20-12)24-15-5-2-13(3-6-15)19(23)22-18-11-14-4-7-17(18)21-14/h2-3,5-6,8-10,14,17-18,21H,4,7,11H2,1H3,(H,22,23)/t14-,17+,18-/m1/s1. The van der Waals surface area contributed by atoms with E-state index in [1.54, 1.807) is 18.3 Å². The molecule has 0 unspecified atom stereocenters. The van der Waals surface area contributed by atoms with Crippen LogP contribution in [0.5, 0.6) is 11.5 Å². The van der Waals surface area contributed by atoms with E-state index in [-0.39, 0.29) is 11.9 Å². The minimum absolute atomic E-state index is 0.0133. The van der Waals surface area contributed by atoms with Crippen molar-refractivity contribution in [2.75, 3.05) is 0 Å². The van der Waals surface area contributed by atoms with Gasteiger partial charge in [-0.15, -0.1) is 0 Å². The van der Waals surface area contributed by atoms with Crippen molar-refractivity contribution in [2.45, 2.75) is 44.3 Å². The maximum absolute atomic E-state index is 12.4. The largest absolute Gasteiger partial charge is 0.457 e. The molecule has 2 aliphatic heterocycles. The van der Waals surface area contributed by atoms with Gasteiger partial charge in [-0.2, -0.15) is 0 Å². The Bertz CT molecular complexity index is 745. The summed E-state index contributed by atoms with van der Waals surface area (Å²) in [5.41, 5.74) is 1.57. The average Bonchev–Trinajstić information content (AvgIpc) is 3.18. The van der Waals surface area contributed by atoms with Gasteiger partial charge in [0.15, 0.2) is 0 Å². The summed E-state index contributed by atoms with van der Waals surface area (Å²) in [5, 5.41) is 6.69. The molecule has 2 saturated heterocycles. The third-order valence-corrected chi connectivity index (χ3v) is 4.84. The van der Waals surface area contributed by atoms with Crippen molar-refractivity contribution in [3.8, 4) is 11.5 Å². The van der Waals surface area contributed by atoms with Crippen LogP contribution < -0.4 is 15.4 Å². The average molecular weight is 323 g/mol. The number of carbonyl (C=O) groups excluding carboxylic acids is 1. The van der Waals surface area contributed by atoms with Crippen LogP contribution in [0.15, 0.2) is 42.6 Å². The Morgan fingerprint density at radius 3 is 2.71 bits per heavy atom. The van der Waals surface area contributed by atoms with Crippen molar-refractivity contribution in [3.63, 3.8) is 0 Å². The van der Waals surface area contributed by atoms with Gasteiger partial charge < -0.3 is 15.4 Å². The van der Waals surface area contributed by atoms with Gasteiger partial charge in [0.05, 0.1) is 0 Å². The summed E-state index contributed by atoms with van der Waals surface area (Å²) in [4.78, 5) is 16.5. The molecule has 1 amide bonds. The Balaban J connectivity index is 1.39. The van der Waals surface area contributed by atoms with Crippen molar-refractivity contribution < 1.29 is 9.53 Å². The molecule has 1 aromatic heterocycles. The Hall–Kier alpha value is -2.40. The lowest BCUT2D eigenvalue weighted by atomic mass is 9.95. The molecule has 2 bridgehead atoms. The van der Waals surface area contributed by atoms with Crippen molar-refractivity contribution in [1.29, 1.82) is 0 Å². The van der Waals surface area contributed by atoms with E-state index in [1.165, 1.54) is 6.42 Å². The van der Waals surface area contributed by atoms with Crippen molar-refractivity contribution in [3.05, 3.63) is 53.9 Å². The Labute approximate surface area is 141 Å². The maximum Gasteiger partial charge on any atom is 0.251 e. The first-order chi connectivity index (χ1) is 11.7. The molecule has 2 aliphatic rings. The van der Waals surface area contributed by atoms with E-state index in [4.69, 9.17) is 4.74 Å². The third kappa shape index (κ3) is 3.12. The molecular weight excluding hydrogens is 302 g/mol. The minimum Gasteiger partial charge on any atom is -0.457 e. The van der Waals surface area contributed by atoms with Crippen LogP contribution in [0.4, 0.5) is 0 Å². The van der Waals surface area contributed by atoms with E-state index < -0.39 is 0 Å². The first kappa shape index (κ1) is 15.1. The third-order valence-electron chi connectivity index (χ3n) is 4.84. The highest BCUT2D eigenvalue weighted by Gasteiger charge is 2.39. The lowest BCUT2D eigenvalue weighted by Gasteiger charge is -2.21. The number of rotatable bonds is 4. The number of hydrogen-bond acceptors (Lipinski definition) is 4. The van der Waals surface area contributed by atoms with Gasteiger partial charge in [0.25, 0.3) is 5.91 Å². The number of aryl methyl sites for hydroxylation is 1. The fourth-order valence-corrected chi connectivity index (χ4v) is 3.63. The molecule has 0 aliphatic carbocycles. The highest BCUT2D eigenvalue weighted by atomic mass is 16.5. The monoisotopic (exact) mass is 323 g/mol. The molecule has 1 aromatic carbocycles. The molecule has 2 aromatic rings. The molecule has 2 N–H and O–H groups in total. The minimum atomic E-state index is -0.0133. The summed E-state index contributed by atoms with van der Waals surface area (Å²) >= 11 is 0. The fourth-order valence-electron chi connectivity index (χ4n) is 3.63. The van der Waals surface area contributed by atoms with E-state index in [0.717, 1.165) is 24.3 Å². The van der Waals surface area contributed by atoms with Gasteiger partial charge in [0.2, 0.25) is 0 Å². The summed E-state index contributed by atoms with van der Waals surface area (Å²) < 4.78 is 5.79. The van der Waals surface area contributed by atoms with Gasteiger partial charge in [-0.1, -0.05) is 0 Å². The number of fused-ring (bicyclic) bond motifs is 2. The molecule has 0 radical (unpaired) electrons. The van der Waals surface area contributed by atoms with Crippen LogP contribution >= 0.6 is 0 Å². The van der Waals surface area contributed by atoms with Crippen LogP contribution in [-0.4, -0.2) is 29.0 Å². The number of carbonyl (C=O) groups is 1. The zero-order valence-corrected chi connectivity index (χ0v) is 13.7. The SMILES string of the molecule is Cc1cc(Oc2ccc(C(=O)N[C@@H]3C[C@H]4CC[C@@H]3N4)cc2)ccn1. The van der Waals surface area contributed by atoms with Gasteiger partial charge >= 0.3 is 0 Å². The van der Waals surface area contributed by atoms with Gasteiger partial charge in [-0.3, -0.25) is 9.78 Å². The van der Waals surface area contributed by atoms with E-state index in [9.17, 15) is 4.79 Å². The number of hydrogen-bond donors (Lipinski definition) is 2. The number of benzene rings is 1. The van der Waals surface area contributed by atoms with Crippen LogP contribution in [0, 0.1) is 6.92 Å². The number of nitrogens with one attached hydrogen (secondary N) is 2. The molecule has 2 fully saturated rings. The molecule has 3 atom stereocenters. The van der Waals surface area contributed by atoms with Gasteiger partial charge in [-0.05, 0) is 56.5 Å². The quantitative estimate of drug-likeness (QED) is 0.908. The van der Waals surface area contributed by atoms with Crippen molar-refractivity contribution in [1.82, 2.24) is 15.6 Å². The van der Waals surface area contributed by atoms with Gasteiger partial charge in [-0.25, -0.2) is 0 Å². The van der Waals surface area contributed by atoms with E-state index in [1.807, 2.05) is 31.2 Å². The molecule has 5 heteroatoms. The first-order valence-corrected chi connectivity index (χ1v) is 8.45. The van der Waals surface area contributed by atoms with Crippen LogP contribution in [0.1, 0.15) is 35.3 Å². The molecular formula is C19H21N3O2. The van der Waals surface area contributed by atoms with E-state index in [2.05, 4.69) is 15.6 Å². The second-order valence-corrected chi connectivity index (χ2v) is 6.62. The first-order valence-electron chi connectivity index (χ1n) is 8.45. The van der Waals surface area contributed by atoms with Crippen molar-refractivity contribution in [2.24, 2.45) is 0 Å². The highest BCUT2D eigenvalue weighted by Crippen LogP contribution is 2.28. The molecule has 0 saturated carbocycles. The highest BCUT2D eigenvalue weighted by molar-refractivity contribution is 5.94. The molecule has 3 heterocycles. The molecule has 5 nitrogen and oxygen atoms in total. The predicted molar refractivity (Wildman–Crippen MR) is 91.3 cm³/mol. The topological polar surface area (TPSA) is 63.2 Å². The number of amides is 1. The smallest absolute Gasteiger partial charge is 0.251 e. The number of ether oxygens (including phenoxy) is 1. The molecule has 124 valence electrons. The van der Waals surface area contributed by atoms with Crippen LogP contribution in [0.2, 0.25) is 0 Å². The lowest BCUT2D eigenvalue weighted by Crippen LogP contribution is -2.42. The zero-order chi connectivity index (χ0) is 16.5. The maximum atomic E-state index is 12.4. The normalized spacial score (nSPS) is 24.8. The summed E-state index contributed by atoms with van der Waals surface area (Å²) in [7, 11) is 0. The number of pyridine rings is 1. The molecule has 0 spiro atoms. The van der Waals surface area contributed by atoms with Crippen molar-refractivity contribution >= 4 is 5.91 Å². The van der Waals surface area contributed by atoms with Gasteiger partial charge in [0.1, 0.15) is 11.5 Å². The number of nitrogens with zero attached hydrogens (tertiary/aromatic N) is 1.